The minimum Gasteiger partial charge on any atom is -0.469 e. The van der Waals surface area contributed by atoms with Gasteiger partial charge < -0.3 is 10.5 Å². The molecule has 140 valence electrons. The molecule has 1 saturated heterocycles. The highest BCUT2D eigenvalue weighted by atomic mass is 16.5. The third-order valence-electron chi connectivity index (χ3n) is 4.77. The highest BCUT2D eigenvalue weighted by molar-refractivity contribution is 6.00. The van der Waals surface area contributed by atoms with Crippen molar-refractivity contribution < 1.29 is 14.3 Å². The lowest BCUT2D eigenvalue weighted by atomic mass is 9.96. The Balaban J connectivity index is 1.67. The summed E-state index contributed by atoms with van der Waals surface area (Å²) in [6, 6.07) is 11.2. The molecule has 7 nitrogen and oxygen atoms in total. The van der Waals surface area contributed by atoms with Crippen molar-refractivity contribution in [1.82, 2.24) is 4.98 Å². The number of carbonyl (C=O) groups is 2. The van der Waals surface area contributed by atoms with Crippen LogP contribution in [0, 0.1) is 5.41 Å². The molecular weight excluding hydrogens is 344 g/mol. The van der Waals surface area contributed by atoms with Crippen molar-refractivity contribution in [2.45, 2.75) is 25.2 Å². The van der Waals surface area contributed by atoms with Gasteiger partial charge in [0.2, 0.25) is 5.91 Å². The standard InChI is InChI=1S/C20H22N4O3/c1-27-18(25)9-4-13-2-5-14(6-3-13)16-10-11-24(20(16)26)17-8-7-15(12-23-17)19(21)22/h2-3,5-8,12,16H,4,9-11H2,1H3,(H3,21,22). The number of rotatable bonds is 6. The van der Waals surface area contributed by atoms with Crippen LogP contribution in [0.2, 0.25) is 0 Å². The lowest BCUT2D eigenvalue weighted by molar-refractivity contribution is -0.140. The lowest BCUT2D eigenvalue weighted by Crippen LogP contribution is -2.27. The number of pyridine rings is 1. The number of ether oxygens (including phenoxy) is 1. The van der Waals surface area contributed by atoms with Crippen LogP contribution in [0.1, 0.15) is 35.4 Å². The van der Waals surface area contributed by atoms with E-state index in [0.717, 1.165) is 17.5 Å². The number of nitrogens with one attached hydrogen (secondary N) is 1. The molecule has 3 rings (SSSR count). The van der Waals surface area contributed by atoms with Crippen molar-refractivity contribution in [2.24, 2.45) is 5.73 Å². The second-order valence-electron chi connectivity index (χ2n) is 6.47. The first-order chi connectivity index (χ1) is 13.0. The molecule has 1 amide bonds. The Morgan fingerprint density at radius 2 is 2.04 bits per heavy atom. The molecule has 0 bridgehead atoms. The molecular formula is C20H22N4O3. The van der Waals surface area contributed by atoms with Crippen molar-refractivity contribution in [1.29, 1.82) is 5.41 Å². The van der Waals surface area contributed by atoms with Gasteiger partial charge in [-0.25, -0.2) is 4.98 Å². The number of nitrogens with zero attached hydrogens (tertiary/aromatic N) is 2. The molecule has 0 aliphatic carbocycles. The van der Waals surface area contributed by atoms with Crippen molar-refractivity contribution in [2.75, 3.05) is 18.6 Å². The summed E-state index contributed by atoms with van der Waals surface area (Å²) in [6.45, 7) is 0.597. The van der Waals surface area contributed by atoms with Gasteiger partial charge in [-0.15, -0.1) is 0 Å². The van der Waals surface area contributed by atoms with Gasteiger partial charge in [0.1, 0.15) is 11.7 Å². The Morgan fingerprint density at radius 1 is 1.30 bits per heavy atom. The quantitative estimate of drug-likeness (QED) is 0.462. The van der Waals surface area contributed by atoms with E-state index in [4.69, 9.17) is 11.1 Å². The van der Waals surface area contributed by atoms with Crippen molar-refractivity contribution in [3.8, 4) is 0 Å². The van der Waals surface area contributed by atoms with Gasteiger partial charge in [0.15, 0.2) is 0 Å². The van der Waals surface area contributed by atoms with Crippen LogP contribution in [0.3, 0.4) is 0 Å². The maximum absolute atomic E-state index is 12.8. The number of nitrogen functional groups attached to an aromatic ring is 1. The minimum absolute atomic E-state index is 0.0142. The van der Waals surface area contributed by atoms with E-state index in [1.54, 1.807) is 17.0 Å². The van der Waals surface area contributed by atoms with Crippen LogP contribution in [0.4, 0.5) is 5.82 Å². The molecule has 0 spiro atoms. The molecule has 0 radical (unpaired) electrons. The van der Waals surface area contributed by atoms with Crippen LogP contribution < -0.4 is 10.6 Å². The Bertz CT molecular complexity index is 847. The fraction of sp³-hybridized carbons (Fsp3) is 0.300. The number of amides is 1. The molecule has 1 aromatic heterocycles. The van der Waals surface area contributed by atoms with Crippen molar-refractivity contribution >= 4 is 23.5 Å². The molecule has 1 unspecified atom stereocenters. The van der Waals surface area contributed by atoms with Crippen LogP contribution in [0.15, 0.2) is 42.6 Å². The first-order valence-corrected chi connectivity index (χ1v) is 8.77. The molecule has 0 saturated carbocycles. The van der Waals surface area contributed by atoms with Crippen LogP contribution in [0.5, 0.6) is 0 Å². The van der Waals surface area contributed by atoms with Crippen LogP contribution in [-0.2, 0) is 20.7 Å². The number of hydrogen-bond donors (Lipinski definition) is 2. The lowest BCUT2D eigenvalue weighted by Gasteiger charge is -2.16. The zero-order valence-electron chi connectivity index (χ0n) is 15.1. The number of anilines is 1. The molecule has 3 N–H and O–H groups in total. The van der Waals surface area contributed by atoms with Gasteiger partial charge in [-0.1, -0.05) is 24.3 Å². The minimum atomic E-state index is -0.232. The molecule has 1 fully saturated rings. The molecule has 2 heterocycles. The number of esters is 1. The third-order valence-corrected chi connectivity index (χ3v) is 4.77. The molecule has 1 atom stereocenters. The van der Waals surface area contributed by atoms with Gasteiger partial charge in [0, 0.05) is 24.7 Å². The van der Waals surface area contributed by atoms with E-state index in [-0.39, 0.29) is 23.6 Å². The van der Waals surface area contributed by atoms with Gasteiger partial charge in [-0.2, -0.15) is 0 Å². The zero-order valence-corrected chi connectivity index (χ0v) is 15.1. The summed E-state index contributed by atoms with van der Waals surface area (Å²) >= 11 is 0. The average molecular weight is 366 g/mol. The third kappa shape index (κ3) is 4.13. The van der Waals surface area contributed by atoms with Crippen LogP contribution in [-0.4, -0.2) is 36.4 Å². The summed E-state index contributed by atoms with van der Waals surface area (Å²) in [4.78, 5) is 30.0. The largest absolute Gasteiger partial charge is 0.469 e. The van der Waals surface area contributed by atoms with E-state index in [0.29, 0.717) is 30.8 Å². The number of aryl methyl sites for hydroxylation is 1. The Morgan fingerprint density at radius 3 is 2.63 bits per heavy atom. The van der Waals surface area contributed by atoms with Gasteiger partial charge in [0.25, 0.3) is 0 Å². The van der Waals surface area contributed by atoms with E-state index in [1.165, 1.54) is 13.3 Å². The summed E-state index contributed by atoms with van der Waals surface area (Å²) in [6.07, 6.45) is 3.18. The molecule has 2 aromatic rings. The van der Waals surface area contributed by atoms with Crippen molar-refractivity contribution in [3.63, 3.8) is 0 Å². The molecule has 7 heteroatoms. The summed E-state index contributed by atoms with van der Waals surface area (Å²) in [5.74, 6) is 0.104. The van der Waals surface area contributed by atoms with Gasteiger partial charge >= 0.3 is 5.97 Å². The summed E-state index contributed by atoms with van der Waals surface area (Å²) < 4.78 is 4.65. The topological polar surface area (TPSA) is 109 Å². The normalized spacial score (nSPS) is 16.4. The number of carbonyl (C=O) groups excluding carboxylic acids is 2. The van der Waals surface area contributed by atoms with E-state index in [9.17, 15) is 9.59 Å². The average Bonchev–Trinajstić information content (AvgIpc) is 3.08. The maximum atomic E-state index is 12.8. The summed E-state index contributed by atoms with van der Waals surface area (Å²) in [7, 11) is 1.38. The Hall–Kier alpha value is -3.22. The fourth-order valence-electron chi connectivity index (χ4n) is 3.19. The number of nitrogens with two attached hydrogens (primary N) is 1. The highest BCUT2D eigenvalue weighted by Crippen LogP contribution is 2.31. The van der Waals surface area contributed by atoms with E-state index < -0.39 is 0 Å². The Labute approximate surface area is 157 Å². The van der Waals surface area contributed by atoms with Gasteiger partial charge in [-0.3, -0.25) is 19.9 Å². The number of benzene rings is 1. The molecule has 1 aromatic carbocycles. The SMILES string of the molecule is COC(=O)CCc1ccc(C2CCN(c3ccc(C(=N)N)cn3)C2=O)cc1. The monoisotopic (exact) mass is 366 g/mol. The van der Waals surface area contributed by atoms with E-state index in [2.05, 4.69) is 9.72 Å². The fourth-order valence-corrected chi connectivity index (χ4v) is 3.19. The smallest absolute Gasteiger partial charge is 0.305 e. The highest BCUT2D eigenvalue weighted by Gasteiger charge is 2.34. The number of aromatic nitrogens is 1. The number of methoxy groups -OCH3 is 1. The zero-order chi connectivity index (χ0) is 19.4. The first kappa shape index (κ1) is 18.6. The number of amidine groups is 1. The molecule has 1 aliphatic rings. The predicted octanol–water partition coefficient (Wildman–Crippen LogP) is 1.99. The van der Waals surface area contributed by atoms with Gasteiger partial charge in [0.05, 0.1) is 13.0 Å². The molecule has 27 heavy (non-hydrogen) atoms. The summed E-state index contributed by atoms with van der Waals surface area (Å²) in [5, 5.41) is 7.41. The van der Waals surface area contributed by atoms with Gasteiger partial charge in [-0.05, 0) is 36.1 Å². The Kier molecular flexibility index (Phi) is 5.49. The predicted molar refractivity (Wildman–Crippen MR) is 102 cm³/mol. The van der Waals surface area contributed by atoms with Crippen LogP contribution in [0.25, 0.3) is 0 Å². The maximum Gasteiger partial charge on any atom is 0.305 e. The van der Waals surface area contributed by atoms with Crippen molar-refractivity contribution in [3.05, 3.63) is 59.3 Å². The van der Waals surface area contributed by atoms with E-state index >= 15 is 0 Å². The first-order valence-electron chi connectivity index (χ1n) is 8.77. The van der Waals surface area contributed by atoms with Crippen LogP contribution >= 0.6 is 0 Å². The summed E-state index contributed by atoms with van der Waals surface area (Å²) in [5.41, 5.74) is 7.97. The van der Waals surface area contributed by atoms with E-state index in [1.807, 2.05) is 24.3 Å². The second-order valence-corrected chi connectivity index (χ2v) is 6.47. The second kappa shape index (κ2) is 7.99. The number of hydrogen-bond acceptors (Lipinski definition) is 5. The molecule has 1 aliphatic heterocycles.